The third-order valence-corrected chi connectivity index (χ3v) is 6.97. The number of nitrogens with zero attached hydrogens (tertiary/aromatic N) is 3. The molecule has 0 N–H and O–H groups in total. The van der Waals surface area contributed by atoms with Crippen LogP contribution in [-0.4, -0.2) is 32.8 Å². The van der Waals surface area contributed by atoms with E-state index in [0.717, 1.165) is 28.6 Å². The van der Waals surface area contributed by atoms with Gasteiger partial charge in [0.2, 0.25) is 11.8 Å². The number of hydrogen-bond acceptors (Lipinski definition) is 4. The Morgan fingerprint density at radius 1 is 1.07 bits per heavy atom. The summed E-state index contributed by atoms with van der Waals surface area (Å²) in [6, 6.07) is 7.43. The molecule has 4 heterocycles. The summed E-state index contributed by atoms with van der Waals surface area (Å²) >= 11 is 3.51. The Balaban J connectivity index is 1.50. The molecule has 0 aliphatic carbocycles. The minimum absolute atomic E-state index is 0.136. The van der Waals surface area contributed by atoms with Gasteiger partial charge in [-0.05, 0) is 54.8 Å². The van der Waals surface area contributed by atoms with E-state index in [0.29, 0.717) is 5.69 Å². The molecule has 5 rings (SSSR count). The molecule has 1 aromatic carbocycles. The molecule has 7 heteroatoms. The number of hydrogen-bond donors (Lipinski definition) is 0. The van der Waals surface area contributed by atoms with Crippen molar-refractivity contribution in [2.75, 3.05) is 4.90 Å². The second-order valence-corrected chi connectivity index (χ2v) is 9.10. The van der Waals surface area contributed by atoms with E-state index in [1.165, 1.54) is 4.90 Å². The number of fused-ring (bicyclic) bond motifs is 5. The highest BCUT2D eigenvalue weighted by Gasteiger charge is 2.72. The summed E-state index contributed by atoms with van der Waals surface area (Å²) in [6.45, 7) is 3.94. The zero-order chi connectivity index (χ0) is 19.1. The molecule has 3 fully saturated rings. The molecule has 3 saturated heterocycles. The Kier molecular flexibility index (Phi) is 3.36. The number of ether oxygens (including phenoxy) is 1. The molecular weight excluding hydrogens is 410 g/mol. The van der Waals surface area contributed by atoms with Gasteiger partial charge in [-0.1, -0.05) is 12.1 Å². The van der Waals surface area contributed by atoms with Gasteiger partial charge in [0.1, 0.15) is 5.69 Å². The van der Waals surface area contributed by atoms with E-state index in [1.807, 2.05) is 51.4 Å². The lowest BCUT2D eigenvalue weighted by Crippen LogP contribution is -2.40. The van der Waals surface area contributed by atoms with Crippen LogP contribution in [0.15, 0.2) is 34.9 Å². The molecule has 2 unspecified atom stereocenters. The van der Waals surface area contributed by atoms with Crippen LogP contribution in [0.1, 0.15) is 26.7 Å². The number of imide groups is 1. The Bertz CT molecular complexity index is 951. The van der Waals surface area contributed by atoms with Crippen molar-refractivity contribution in [2.45, 2.75) is 37.9 Å². The lowest BCUT2D eigenvalue weighted by molar-refractivity contribution is -0.129. The van der Waals surface area contributed by atoms with Gasteiger partial charge in [-0.15, -0.1) is 0 Å². The Morgan fingerprint density at radius 2 is 1.63 bits per heavy atom. The average Bonchev–Trinajstić information content (AvgIpc) is 3.27. The number of carbonyl (C=O) groups is 2. The maximum Gasteiger partial charge on any atom is 0.240 e. The van der Waals surface area contributed by atoms with Crippen molar-refractivity contribution in [2.24, 2.45) is 18.9 Å². The summed E-state index contributed by atoms with van der Waals surface area (Å²) in [5, 5.41) is 4.44. The summed E-state index contributed by atoms with van der Waals surface area (Å²) in [4.78, 5) is 27.7. The first-order valence-electron chi connectivity index (χ1n) is 9.11. The Morgan fingerprint density at radius 3 is 2.11 bits per heavy atom. The summed E-state index contributed by atoms with van der Waals surface area (Å²) < 4.78 is 8.78. The van der Waals surface area contributed by atoms with E-state index < -0.39 is 11.2 Å². The maximum atomic E-state index is 13.1. The van der Waals surface area contributed by atoms with Crippen LogP contribution in [0.25, 0.3) is 11.3 Å². The van der Waals surface area contributed by atoms with Crippen LogP contribution in [0.4, 0.5) is 5.69 Å². The third kappa shape index (κ3) is 2.18. The zero-order valence-electron chi connectivity index (χ0n) is 15.4. The van der Waals surface area contributed by atoms with Gasteiger partial charge in [0.05, 0.1) is 33.2 Å². The van der Waals surface area contributed by atoms with Crippen molar-refractivity contribution in [1.82, 2.24) is 9.78 Å². The number of aryl methyl sites for hydroxylation is 1. The number of carbonyl (C=O) groups excluding carboxylic acids is 2. The van der Waals surface area contributed by atoms with Crippen LogP contribution in [0.5, 0.6) is 0 Å². The lowest BCUT2D eigenvalue weighted by atomic mass is 9.69. The predicted molar refractivity (Wildman–Crippen MR) is 103 cm³/mol. The third-order valence-electron chi connectivity index (χ3n) is 6.39. The van der Waals surface area contributed by atoms with E-state index in [2.05, 4.69) is 21.0 Å². The standard InChI is InChI=1S/C20H20BrN3O3/c1-19-8-9-20(2,27-19)15-14(19)17(25)24(18(15)26)12-6-4-11(5-7-12)16-13(21)10-23(3)22-16/h4-7,10,14-15H,8-9H2,1-3H3/t14-,15+,19?,20?. The minimum atomic E-state index is -0.528. The molecule has 1 aromatic heterocycles. The van der Waals surface area contributed by atoms with Crippen LogP contribution >= 0.6 is 15.9 Å². The number of aromatic nitrogens is 2. The van der Waals surface area contributed by atoms with Gasteiger partial charge < -0.3 is 4.74 Å². The van der Waals surface area contributed by atoms with Gasteiger partial charge in [0, 0.05) is 18.8 Å². The van der Waals surface area contributed by atoms with Crippen molar-refractivity contribution in [3.63, 3.8) is 0 Å². The molecule has 3 aliphatic rings. The molecule has 140 valence electrons. The van der Waals surface area contributed by atoms with Gasteiger partial charge in [-0.25, -0.2) is 4.90 Å². The smallest absolute Gasteiger partial charge is 0.240 e. The normalized spacial score (nSPS) is 34.6. The van der Waals surface area contributed by atoms with Crippen molar-refractivity contribution in [3.8, 4) is 11.3 Å². The van der Waals surface area contributed by atoms with E-state index >= 15 is 0 Å². The Hall–Kier alpha value is -1.99. The van der Waals surface area contributed by atoms with Crippen LogP contribution in [0, 0.1) is 11.8 Å². The maximum absolute atomic E-state index is 13.1. The molecule has 3 aliphatic heterocycles. The van der Waals surface area contributed by atoms with Crippen molar-refractivity contribution in [1.29, 1.82) is 0 Å². The lowest BCUT2D eigenvalue weighted by Gasteiger charge is -2.27. The highest BCUT2D eigenvalue weighted by Crippen LogP contribution is 2.60. The van der Waals surface area contributed by atoms with Crippen LogP contribution < -0.4 is 4.90 Å². The second kappa shape index (κ2) is 5.29. The fourth-order valence-corrected chi connectivity index (χ4v) is 5.75. The summed E-state index contributed by atoms with van der Waals surface area (Å²) in [6.07, 6.45) is 3.53. The minimum Gasteiger partial charge on any atom is -0.367 e. The molecule has 0 radical (unpaired) electrons. The van der Waals surface area contributed by atoms with Gasteiger partial charge in [-0.3, -0.25) is 14.3 Å². The fraction of sp³-hybridized carbons (Fsp3) is 0.450. The zero-order valence-corrected chi connectivity index (χ0v) is 17.0. The molecule has 4 atom stereocenters. The number of halogens is 1. The van der Waals surface area contributed by atoms with E-state index in [-0.39, 0.29) is 23.7 Å². The van der Waals surface area contributed by atoms with E-state index in [4.69, 9.17) is 4.74 Å². The molecule has 6 nitrogen and oxygen atoms in total. The van der Waals surface area contributed by atoms with Crippen molar-refractivity contribution >= 4 is 33.4 Å². The number of amides is 2. The summed E-state index contributed by atoms with van der Waals surface area (Å²) in [7, 11) is 1.86. The first-order valence-corrected chi connectivity index (χ1v) is 9.90. The first kappa shape index (κ1) is 17.1. The largest absolute Gasteiger partial charge is 0.367 e. The van der Waals surface area contributed by atoms with Gasteiger partial charge >= 0.3 is 0 Å². The SMILES string of the molecule is Cn1cc(Br)c(-c2ccc(N3C(=O)[C@@H]4[C@H](C3=O)C3(C)CCC4(C)O3)cc2)n1. The molecule has 2 aromatic rings. The molecular formula is C20H20BrN3O3. The number of rotatable bonds is 2. The topological polar surface area (TPSA) is 64.4 Å². The van der Waals surface area contributed by atoms with Crippen molar-refractivity contribution in [3.05, 3.63) is 34.9 Å². The van der Waals surface area contributed by atoms with Crippen LogP contribution in [0.2, 0.25) is 0 Å². The molecule has 2 amide bonds. The van der Waals surface area contributed by atoms with Gasteiger partial charge in [0.25, 0.3) is 0 Å². The summed E-state index contributed by atoms with van der Waals surface area (Å²) in [5.41, 5.74) is 1.31. The van der Waals surface area contributed by atoms with Gasteiger partial charge in [0.15, 0.2) is 0 Å². The predicted octanol–water partition coefficient (Wildman–Crippen LogP) is 3.30. The highest BCUT2D eigenvalue weighted by atomic mass is 79.9. The Labute approximate surface area is 165 Å². The average molecular weight is 430 g/mol. The highest BCUT2D eigenvalue weighted by molar-refractivity contribution is 9.10. The monoisotopic (exact) mass is 429 g/mol. The fourth-order valence-electron chi connectivity index (χ4n) is 5.15. The molecule has 2 bridgehead atoms. The second-order valence-electron chi connectivity index (χ2n) is 8.24. The van der Waals surface area contributed by atoms with Crippen LogP contribution in [-0.2, 0) is 21.4 Å². The van der Waals surface area contributed by atoms with Gasteiger partial charge in [-0.2, -0.15) is 5.10 Å². The quantitative estimate of drug-likeness (QED) is 0.686. The molecule has 0 spiro atoms. The van der Waals surface area contributed by atoms with E-state index in [9.17, 15) is 9.59 Å². The molecule has 27 heavy (non-hydrogen) atoms. The van der Waals surface area contributed by atoms with Crippen molar-refractivity contribution < 1.29 is 14.3 Å². The molecule has 0 saturated carbocycles. The number of benzene rings is 1. The summed E-state index contributed by atoms with van der Waals surface area (Å²) in [5.74, 6) is -1.04. The van der Waals surface area contributed by atoms with Crippen LogP contribution in [0.3, 0.4) is 0 Å². The number of anilines is 1. The first-order chi connectivity index (χ1) is 12.7. The van der Waals surface area contributed by atoms with E-state index in [1.54, 1.807) is 4.68 Å².